The van der Waals surface area contributed by atoms with E-state index in [-0.39, 0.29) is 11.6 Å². The molecule has 0 saturated carbocycles. The number of halogens is 1. The number of rotatable bonds is 4. The number of hydrogen-bond donors (Lipinski definition) is 0. The van der Waals surface area contributed by atoms with Crippen molar-refractivity contribution in [3.05, 3.63) is 0 Å². The number of esters is 3. The maximum Gasteiger partial charge on any atom is 0.303 e. The molecule has 20 heavy (non-hydrogen) atoms. The van der Waals surface area contributed by atoms with Crippen molar-refractivity contribution in [3.63, 3.8) is 0 Å². The molecule has 1 rings (SSSR count). The van der Waals surface area contributed by atoms with Gasteiger partial charge in [-0.25, -0.2) is 0 Å². The lowest BCUT2D eigenvalue weighted by atomic mass is 10.0. The summed E-state index contributed by atoms with van der Waals surface area (Å²) in [5, 5.41) is -0.390. The molecule has 1 heterocycles. The molecule has 0 aliphatic carbocycles. The van der Waals surface area contributed by atoms with Crippen LogP contribution < -0.4 is 0 Å². The molecule has 0 aromatic heterocycles. The average Bonchev–Trinajstić information content (AvgIpc) is 2.28. The zero-order valence-electron chi connectivity index (χ0n) is 11.5. The maximum absolute atomic E-state index is 11.2. The van der Waals surface area contributed by atoms with Crippen molar-refractivity contribution in [1.29, 1.82) is 0 Å². The highest BCUT2D eigenvalue weighted by Crippen LogP contribution is 2.28. The number of carbonyl (C=O) groups excluding carboxylic acids is 3. The summed E-state index contributed by atoms with van der Waals surface area (Å²) in [4.78, 5) is 33.2. The van der Waals surface area contributed by atoms with E-state index in [2.05, 4.69) is 15.9 Å². The van der Waals surface area contributed by atoms with Gasteiger partial charge in [-0.2, -0.15) is 0 Å². The van der Waals surface area contributed by atoms with Crippen LogP contribution >= 0.6 is 15.9 Å². The highest BCUT2D eigenvalue weighted by Gasteiger charge is 2.42. The fourth-order valence-corrected chi connectivity index (χ4v) is 2.53. The molecule has 1 aliphatic rings. The lowest BCUT2D eigenvalue weighted by molar-refractivity contribution is -0.203. The van der Waals surface area contributed by atoms with Gasteiger partial charge in [-0.15, -0.1) is 0 Å². The summed E-state index contributed by atoms with van der Waals surface area (Å²) in [7, 11) is 0. The van der Waals surface area contributed by atoms with Gasteiger partial charge in [0.2, 0.25) is 0 Å². The molecule has 1 saturated heterocycles. The third-order valence-electron chi connectivity index (χ3n) is 2.54. The van der Waals surface area contributed by atoms with Crippen LogP contribution in [0.25, 0.3) is 0 Å². The van der Waals surface area contributed by atoms with E-state index in [0.29, 0.717) is 6.42 Å². The number of carbonyl (C=O) groups is 3. The Kier molecular flexibility index (Phi) is 6.41. The Bertz CT molecular complexity index is 384. The Morgan fingerprint density at radius 1 is 1.10 bits per heavy atom. The molecular weight excluding hydrogens is 336 g/mol. The summed E-state index contributed by atoms with van der Waals surface area (Å²) in [5.74, 6) is -1.49. The third-order valence-corrected chi connectivity index (χ3v) is 3.13. The molecular formula is C12H17BrO7. The molecule has 0 aromatic rings. The third kappa shape index (κ3) is 5.46. The quantitative estimate of drug-likeness (QED) is 0.422. The predicted octanol–water partition coefficient (Wildman–Crippen LogP) is 0.923. The van der Waals surface area contributed by atoms with Gasteiger partial charge in [-0.3, -0.25) is 14.4 Å². The maximum atomic E-state index is 11.2. The fourth-order valence-electron chi connectivity index (χ4n) is 1.88. The van der Waals surface area contributed by atoms with Crippen LogP contribution in [0.5, 0.6) is 0 Å². The van der Waals surface area contributed by atoms with Crippen molar-refractivity contribution in [3.8, 4) is 0 Å². The number of hydrogen-bond acceptors (Lipinski definition) is 7. The molecule has 0 spiro atoms. The van der Waals surface area contributed by atoms with Crippen molar-refractivity contribution in [2.24, 2.45) is 0 Å². The van der Waals surface area contributed by atoms with Gasteiger partial charge < -0.3 is 18.9 Å². The first-order chi connectivity index (χ1) is 9.29. The minimum Gasteiger partial charge on any atom is -0.463 e. The predicted molar refractivity (Wildman–Crippen MR) is 69.9 cm³/mol. The van der Waals surface area contributed by atoms with Gasteiger partial charge in [0.25, 0.3) is 0 Å². The van der Waals surface area contributed by atoms with Gasteiger partial charge in [-0.1, -0.05) is 15.9 Å². The molecule has 0 radical (unpaired) electrons. The zero-order chi connectivity index (χ0) is 15.3. The van der Waals surface area contributed by atoms with Crippen LogP contribution in [0.15, 0.2) is 0 Å². The summed E-state index contributed by atoms with van der Waals surface area (Å²) in [6.07, 6.45) is -1.85. The minimum atomic E-state index is -0.815. The monoisotopic (exact) mass is 352 g/mol. The zero-order valence-corrected chi connectivity index (χ0v) is 13.0. The minimum absolute atomic E-state index is 0.0901. The number of ether oxygens (including phenoxy) is 4. The van der Waals surface area contributed by atoms with Gasteiger partial charge in [0.15, 0.2) is 6.10 Å². The second kappa shape index (κ2) is 7.58. The summed E-state index contributed by atoms with van der Waals surface area (Å²) in [6.45, 7) is 3.69. The van der Waals surface area contributed by atoms with Gasteiger partial charge in [0.1, 0.15) is 23.8 Å². The van der Waals surface area contributed by atoms with E-state index in [1.54, 1.807) is 0 Å². The Morgan fingerprint density at radius 3 is 2.20 bits per heavy atom. The highest BCUT2D eigenvalue weighted by molar-refractivity contribution is 9.09. The van der Waals surface area contributed by atoms with Crippen molar-refractivity contribution in [1.82, 2.24) is 0 Å². The first kappa shape index (κ1) is 16.9. The van der Waals surface area contributed by atoms with Crippen molar-refractivity contribution in [2.45, 2.75) is 50.5 Å². The van der Waals surface area contributed by atoms with Crippen LogP contribution in [0.4, 0.5) is 0 Å². The summed E-state index contributed by atoms with van der Waals surface area (Å²) in [5.41, 5.74) is 0. The standard InChI is InChI=1S/C12H17BrO7/c1-6(14)17-5-10-12(19-8(3)16)9(18-7(2)15)4-11(13)20-10/h9-12H,4-5H2,1-3H3. The Morgan fingerprint density at radius 2 is 1.70 bits per heavy atom. The summed E-state index contributed by atoms with van der Waals surface area (Å²) in [6, 6.07) is 0. The molecule has 0 N–H and O–H groups in total. The first-order valence-corrected chi connectivity index (χ1v) is 6.98. The molecule has 114 valence electrons. The van der Waals surface area contributed by atoms with Gasteiger partial charge in [-0.05, 0) is 0 Å². The smallest absolute Gasteiger partial charge is 0.303 e. The topological polar surface area (TPSA) is 88.1 Å². The van der Waals surface area contributed by atoms with Crippen LogP contribution in [0.3, 0.4) is 0 Å². The molecule has 0 bridgehead atoms. The van der Waals surface area contributed by atoms with Crippen LogP contribution in [0.2, 0.25) is 0 Å². The van der Waals surface area contributed by atoms with Crippen molar-refractivity contribution >= 4 is 33.8 Å². The van der Waals surface area contributed by atoms with E-state index < -0.39 is 36.2 Å². The van der Waals surface area contributed by atoms with E-state index >= 15 is 0 Å². The van der Waals surface area contributed by atoms with E-state index in [1.165, 1.54) is 20.8 Å². The SMILES string of the molecule is CC(=O)OCC1OC(Br)CC(OC(C)=O)C1OC(C)=O. The van der Waals surface area contributed by atoms with Crippen LogP contribution in [0, 0.1) is 0 Å². The average molecular weight is 353 g/mol. The van der Waals surface area contributed by atoms with Crippen LogP contribution in [-0.2, 0) is 33.3 Å². The van der Waals surface area contributed by atoms with E-state index in [0.717, 1.165) is 0 Å². The molecule has 1 fully saturated rings. The normalized spacial score (nSPS) is 29.4. The lowest BCUT2D eigenvalue weighted by Crippen LogP contribution is -2.52. The molecule has 4 unspecified atom stereocenters. The molecule has 8 heteroatoms. The molecule has 1 aliphatic heterocycles. The fraction of sp³-hybridized carbons (Fsp3) is 0.750. The van der Waals surface area contributed by atoms with Gasteiger partial charge in [0.05, 0.1) is 0 Å². The van der Waals surface area contributed by atoms with Gasteiger partial charge >= 0.3 is 17.9 Å². The number of alkyl halides is 1. The molecule has 0 aromatic carbocycles. The second-order valence-corrected chi connectivity index (χ2v) is 5.37. The Hall–Kier alpha value is -1.15. The largest absolute Gasteiger partial charge is 0.463 e. The van der Waals surface area contributed by atoms with E-state index in [9.17, 15) is 14.4 Å². The summed E-state index contributed by atoms with van der Waals surface area (Å²) >= 11 is 3.27. The second-order valence-electron chi connectivity index (χ2n) is 4.34. The lowest BCUT2D eigenvalue weighted by Gasteiger charge is -2.38. The summed E-state index contributed by atoms with van der Waals surface area (Å²) < 4.78 is 20.7. The van der Waals surface area contributed by atoms with Crippen molar-refractivity contribution < 1.29 is 33.3 Å². The van der Waals surface area contributed by atoms with Crippen molar-refractivity contribution in [2.75, 3.05) is 6.61 Å². The Labute approximate surface area is 125 Å². The highest BCUT2D eigenvalue weighted by atomic mass is 79.9. The van der Waals surface area contributed by atoms with E-state index in [4.69, 9.17) is 18.9 Å². The van der Waals surface area contributed by atoms with Gasteiger partial charge in [0, 0.05) is 27.2 Å². The van der Waals surface area contributed by atoms with Crippen LogP contribution in [-0.4, -0.2) is 47.8 Å². The van der Waals surface area contributed by atoms with Crippen LogP contribution in [0.1, 0.15) is 27.2 Å². The van der Waals surface area contributed by atoms with E-state index in [1.807, 2.05) is 0 Å². The molecule has 4 atom stereocenters. The molecule has 7 nitrogen and oxygen atoms in total. The Balaban J connectivity index is 2.82. The first-order valence-electron chi connectivity index (χ1n) is 6.07. The molecule has 0 amide bonds.